The molecule has 1 aromatic carbocycles. The summed E-state index contributed by atoms with van der Waals surface area (Å²) in [5.41, 5.74) is 4.49. The number of sulfone groups is 1. The van der Waals surface area contributed by atoms with Crippen LogP contribution in [0.2, 0.25) is 0 Å². The average molecular weight is 478 g/mol. The number of benzene rings is 1. The van der Waals surface area contributed by atoms with Crippen molar-refractivity contribution in [1.82, 2.24) is 20.8 Å². The lowest BCUT2D eigenvalue weighted by Gasteiger charge is -2.09. The van der Waals surface area contributed by atoms with Gasteiger partial charge < -0.3 is 0 Å². The molecule has 8 nitrogen and oxygen atoms in total. The Balaban J connectivity index is 2.16. The van der Waals surface area contributed by atoms with Crippen LogP contribution in [0.25, 0.3) is 0 Å². The van der Waals surface area contributed by atoms with Crippen molar-refractivity contribution in [3.8, 4) is 0 Å². The molecule has 11 heteroatoms. The van der Waals surface area contributed by atoms with Gasteiger partial charge in [-0.05, 0) is 44.0 Å². The first-order valence-corrected chi connectivity index (χ1v) is 9.75. The number of amides is 2. The number of nitrogens with one attached hydrogen (secondary N) is 2. The molecule has 126 valence electrons. The molecule has 24 heavy (non-hydrogen) atoms. The molecular weight excluding hydrogens is 468 g/mol. The van der Waals surface area contributed by atoms with Gasteiger partial charge in [-0.3, -0.25) is 20.4 Å². The molecule has 0 aliphatic heterocycles. The third-order valence-electron chi connectivity index (χ3n) is 2.68. The number of carbonyl (C=O) groups is 2. The number of aromatic nitrogens is 2. The van der Waals surface area contributed by atoms with Crippen LogP contribution in [0.4, 0.5) is 0 Å². The van der Waals surface area contributed by atoms with E-state index in [1.807, 2.05) is 0 Å². The summed E-state index contributed by atoms with van der Waals surface area (Å²) < 4.78 is 23.7. The summed E-state index contributed by atoms with van der Waals surface area (Å²) in [6, 6.07) is 6.65. The van der Waals surface area contributed by atoms with Gasteiger partial charge in [-0.1, -0.05) is 12.1 Å². The molecule has 0 aliphatic rings. The molecule has 0 spiro atoms. The van der Waals surface area contributed by atoms with Crippen LogP contribution in [0.5, 0.6) is 0 Å². The largest absolute Gasteiger partial charge is 0.289 e. The zero-order valence-electron chi connectivity index (χ0n) is 12.1. The molecular formula is C13H10Br2N4O4S. The fraction of sp³-hybridized carbons (Fsp3) is 0.0769. The highest BCUT2D eigenvalue weighted by molar-refractivity contribution is 9.10. The van der Waals surface area contributed by atoms with Crippen molar-refractivity contribution in [2.45, 2.75) is 5.16 Å². The van der Waals surface area contributed by atoms with Gasteiger partial charge in [0.1, 0.15) is 5.69 Å². The number of hydrogen-bond acceptors (Lipinski definition) is 6. The first-order valence-electron chi connectivity index (χ1n) is 6.28. The van der Waals surface area contributed by atoms with Gasteiger partial charge in [0.05, 0.1) is 10.0 Å². The molecule has 1 aromatic heterocycles. The second-order valence-electron chi connectivity index (χ2n) is 4.51. The molecule has 2 amide bonds. The second-order valence-corrected chi connectivity index (χ2v) is 8.13. The topological polar surface area (TPSA) is 118 Å². The number of rotatable bonds is 3. The smallest absolute Gasteiger partial charge is 0.267 e. The normalized spacial score (nSPS) is 11.0. The van der Waals surface area contributed by atoms with E-state index < -0.39 is 26.8 Å². The Kier molecular flexibility index (Phi) is 5.67. The summed E-state index contributed by atoms with van der Waals surface area (Å²) in [7, 11) is -3.67. The minimum Gasteiger partial charge on any atom is -0.267 e. The number of nitrogens with zero attached hydrogens (tertiary/aromatic N) is 2. The van der Waals surface area contributed by atoms with Crippen LogP contribution in [0.15, 0.2) is 44.6 Å². The van der Waals surface area contributed by atoms with Crippen LogP contribution in [0.3, 0.4) is 0 Å². The van der Waals surface area contributed by atoms with E-state index in [0.717, 1.165) is 12.5 Å². The number of carbonyl (C=O) groups excluding carboxylic acids is 2. The molecule has 2 aromatic rings. The minimum atomic E-state index is -3.67. The highest BCUT2D eigenvalue weighted by atomic mass is 79.9. The van der Waals surface area contributed by atoms with Crippen LogP contribution in [-0.2, 0) is 9.84 Å². The maximum absolute atomic E-state index is 12.1. The molecule has 0 bridgehead atoms. The van der Waals surface area contributed by atoms with Gasteiger partial charge in [-0.15, -0.1) is 0 Å². The Morgan fingerprint density at radius 3 is 2.29 bits per heavy atom. The Bertz CT molecular complexity index is 918. The van der Waals surface area contributed by atoms with E-state index in [2.05, 4.69) is 52.7 Å². The maximum Gasteiger partial charge on any atom is 0.289 e. The molecule has 0 aliphatic carbocycles. The summed E-state index contributed by atoms with van der Waals surface area (Å²) in [4.78, 5) is 31.4. The molecule has 0 radical (unpaired) electrons. The van der Waals surface area contributed by atoms with Crippen molar-refractivity contribution >= 4 is 53.5 Å². The molecule has 0 saturated carbocycles. The predicted octanol–water partition coefficient (Wildman–Crippen LogP) is 1.48. The van der Waals surface area contributed by atoms with Gasteiger partial charge in [-0.2, -0.15) is 0 Å². The standard InChI is InChI=1S/C13H10Br2N4O4S/c1-24(22,23)13-16-6-9(15)10(17-13)12(21)19-18-11(20)7-4-2-3-5-8(7)14/h2-6H,1H3,(H,18,20)(H,19,21). The van der Waals surface area contributed by atoms with Crippen molar-refractivity contribution in [2.24, 2.45) is 0 Å². The quantitative estimate of drug-likeness (QED) is 0.510. The molecule has 2 N–H and O–H groups in total. The van der Waals surface area contributed by atoms with Crippen LogP contribution in [-0.4, -0.2) is 36.5 Å². The van der Waals surface area contributed by atoms with Gasteiger partial charge in [0.2, 0.25) is 15.0 Å². The van der Waals surface area contributed by atoms with Crippen molar-refractivity contribution in [2.75, 3.05) is 6.26 Å². The zero-order chi connectivity index (χ0) is 17.9. The molecule has 0 saturated heterocycles. The van der Waals surface area contributed by atoms with Crippen molar-refractivity contribution in [3.05, 3.63) is 50.7 Å². The maximum atomic E-state index is 12.1. The van der Waals surface area contributed by atoms with Gasteiger partial charge in [0.15, 0.2) is 0 Å². The summed E-state index contributed by atoms with van der Waals surface area (Å²) in [6.45, 7) is 0. The van der Waals surface area contributed by atoms with E-state index in [0.29, 0.717) is 10.0 Å². The highest BCUT2D eigenvalue weighted by Gasteiger charge is 2.19. The van der Waals surface area contributed by atoms with Gasteiger partial charge in [-0.25, -0.2) is 18.4 Å². The van der Waals surface area contributed by atoms with E-state index in [-0.39, 0.29) is 10.2 Å². The lowest BCUT2D eigenvalue weighted by Crippen LogP contribution is -2.42. The SMILES string of the molecule is CS(=O)(=O)c1ncc(Br)c(C(=O)NNC(=O)c2ccccc2Br)n1. The first-order chi connectivity index (χ1) is 11.2. The average Bonchev–Trinajstić information content (AvgIpc) is 2.52. The number of hydrogen-bond donors (Lipinski definition) is 2. The van der Waals surface area contributed by atoms with Gasteiger partial charge in [0, 0.05) is 16.9 Å². The third-order valence-corrected chi connectivity index (χ3v) is 4.81. The number of hydrazine groups is 1. The van der Waals surface area contributed by atoms with E-state index in [1.165, 1.54) is 0 Å². The van der Waals surface area contributed by atoms with Gasteiger partial charge >= 0.3 is 0 Å². The minimum absolute atomic E-state index is 0.183. The Morgan fingerprint density at radius 1 is 1.04 bits per heavy atom. The number of halogens is 2. The lowest BCUT2D eigenvalue weighted by molar-refractivity contribution is 0.0842. The first kappa shape index (κ1) is 18.5. The van der Waals surface area contributed by atoms with Crippen LogP contribution < -0.4 is 10.9 Å². The van der Waals surface area contributed by atoms with E-state index in [1.54, 1.807) is 24.3 Å². The molecule has 0 fully saturated rings. The Labute approximate surface area is 154 Å². The van der Waals surface area contributed by atoms with Crippen LogP contribution in [0, 0.1) is 0 Å². The molecule has 0 unspecified atom stereocenters. The van der Waals surface area contributed by atoms with E-state index in [4.69, 9.17) is 0 Å². The van der Waals surface area contributed by atoms with Crippen LogP contribution in [0.1, 0.15) is 20.8 Å². The van der Waals surface area contributed by atoms with Crippen molar-refractivity contribution in [3.63, 3.8) is 0 Å². The summed E-state index contributed by atoms with van der Waals surface area (Å²) in [5.74, 6) is -1.35. The van der Waals surface area contributed by atoms with Crippen LogP contribution >= 0.6 is 31.9 Å². The van der Waals surface area contributed by atoms with Crippen molar-refractivity contribution < 1.29 is 18.0 Å². The Hall–Kier alpha value is -1.85. The second kappa shape index (κ2) is 7.36. The van der Waals surface area contributed by atoms with Gasteiger partial charge in [0.25, 0.3) is 11.8 Å². The van der Waals surface area contributed by atoms with E-state index in [9.17, 15) is 18.0 Å². The van der Waals surface area contributed by atoms with E-state index >= 15 is 0 Å². The Morgan fingerprint density at radius 2 is 1.67 bits per heavy atom. The summed E-state index contributed by atoms with van der Waals surface area (Å²) >= 11 is 6.28. The fourth-order valence-electron chi connectivity index (χ4n) is 1.57. The lowest BCUT2D eigenvalue weighted by atomic mass is 10.2. The van der Waals surface area contributed by atoms with Crippen molar-refractivity contribution in [1.29, 1.82) is 0 Å². The monoisotopic (exact) mass is 476 g/mol. The molecule has 0 atom stereocenters. The highest BCUT2D eigenvalue weighted by Crippen LogP contribution is 2.16. The summed E-state index contributed by atoms with van der Waals surface area (Å²) in [5, 5.41) is -0.493. The zero-order valence-corrected chi connectivity index (χ0v) is 16.1. The molecule has 1 heterocycles. The third kappa shape index (κ3) is 4.36. The summed E-state index contributed by atoms with van der Waals surface area (Å²) in [6.07, 6.45) is 2.07. The predicted molar refractivity (Wildman–Crippen MR) is 91.9 cm³/mol. The molecule has 2 rings (SSSR count). The fourth-order valence-corrected chi connectivity index (χ4v) is 2.91.